The number of furan rings is 1. The number of anilines is 1. The van der Waals surface area contributed by atoms with Crippen molar-refractivity contribution in [2.24, 2.45) is 0 Å². The topological polar surface area (TPSA) is 94.6 Å². The minimum atomic E-state index is -0.521. The molecule has 0 bridgehead atoms. The average molecular weight is 432 g/mol. The van der Waals surface area contributed by atoms with E-state index in [4.69, 9.17) is 13.6 Å². The summed E-state index contributed by atoms with van der Waals surface area (Å²) in [5.41, 5.74) is 2.75. The zero-order chi connectivity index (χ0) is 21.5. The van der Waals surface area contributed by atoms with Crippen molar-refractivity contribution in [1.82, 2.24) is 4.98 Å². The first-order chi connectivity index (χ1) is 15.0. The number of amides is 1. The highest BCUT2D eigenvalue weighted by atomic mass is 32.1. The third kappa shape index (κ3) is 3.36. The van der Waals surface area contributed by atoms with Gasteiger partial charge in [0, 0.05) is 17.0 Å². The molecule has 0 unspecified atom stereocenters. The van der Waals surface area contributed by atoms with Crippen molar-refractivity contribution < 1.29 is 18.4 Å². The lowest BCUT2D eigenvalue weighted by Gasteiger charge is -2.07. The normalized spacial score (nSPS) is 11.2. The Hall–Kier alpha value is -3.91. The fourth-order valence-electron chi connectivity index (χ4n) is 3.34. The van der Waals surface area contributed by atoms with Crippen molar-refractivity contribution in [3.05, 3.63) is 75.5 Å². The molecule has 0 aliphatic carbocycles. The number of carbonyl (C=O) groups is 1. The van der Waals surface area contributed by atoms with E-state index >= 15 is 0 Å². The number of benzene rings is 2. The number of aromatic nitrogens is 1. The molecule has 1 N–H and O–H groups in total. The molecule has 0 saturated carbocycles. The lowest BCUT2D eigenvalue weighted by molar-refractivity contribution is 0.0997. The van der Waals surface area contributed by atoms with Crippen molar-refractivity contribution in [3.63, 3.8) is 0 Å². The van der Waals surface area contributed by atoms with Gasteiger partial charge in [-0.15, -0.1) is 11.3 Å². The molecule has 0 spiro atoms. The van der Waals surface area contributed by atoms with E-state index in [0.29, 0.717) is 27.5 Å². The number of carbonyl (C=O) groups excluding carboxylic acids is 1. The smallest absolute Gasteiger partial charge is 0.302 e. The van der Waals surface area contributed by atoms with E-state index in [2.05, 4.69) is 10.3 Å². The van der Waals surface area contributed by atoms with Crippen molar-refractivity contribution in [2.45, 2.75) is 6.92 Å². The van der Waals surface area contributed by atoms with Crippen LogP contribution in [0.2, 0.25) is 0 Å². The van der Waals surface area contributed by atoms with Gasteiger partial charge in [0.2, 0.25) is 5.43 Å². The van der Waals surface area contributed by atoms with Crippen LogP contribution in [0.1, 0.15) is 16.1 Å². The molecule has 5 rings (SSSR count). The number of hydrogen-bond donors (Lipinski definition) is 1. The minimum absolute atomic E-state index is 0.0122. The number of thiazole rings is 1. The fraction of sp³-hybridized carbons (Fsp3) is 0.0870. The van der Waals surface area contributed by atoms with Crippen LogP contribution in [0.5, 0.6) is 5.75 Å². The van der Waals surface area contributed by atoms with Crippen molar-refractivity contribution in [2.75, 3.05) is 12.4 Å². The summed E-state index contributed by atoms with van der Waals surface area (Å²) in [4.78, 5) is 29.9. The van der Waals surface area contributed by atoms with Gasteiger partial charge in [-0.2, -0.15) is 0 Å². The maximum absolute atomic E-state index is 12.7. The Kier molecular flexibility index (Phi) is 4.56. The van der Waals surface area contributed by atoms with E-state index in [9.17, 15) is 9.59 Å². The molecule has 8 heteroatoms. The summed E-state index contributed by atoms with van der Waals surface area (Å²) in [5, 5.41) is 5.59. The Bertz CT molecular complexity index is 1510. The number of fused-ring (bicyclic) bond motifs is 2. The molecule has 0 radical (unpaired) electrons. The Morgan fingerprint density at radius 1 is 1.10 bits per heavy atom. The molecule has 3 aromatic heterocycles. The van der Waals surface area contributed by atoms with Crippen LogP contribution in [0, 0.1) is 6.92 Å². The number of nitrogens with zero attached hydrogens (tertiary/aromatic N) is 1. The van der Waals surface area contributed by atoms with E-state index < -0.39 is 5.91 Å². The summed E-state index contributed by atoms with van der Waals surface area (Å²) < 4.78 is 16.6. The van der Waals surface area contributed by atoms with Gasteiger partial charge in [0.25, 0.3) is 5.91 Å². The van der Waals surface area contributed by atoms with Crippen molar-refractivity contribution in [3.8, 4) is 17.0 Å². The Morgan fingerprint density at radius 3 is 2.77 bits per heavy atom. The van der Waals surface area contributed by atoms with Crippen LogP contribution in [0.4, 0.5) is 5.13 Å². The van der Waals surface area contributed by atoms with E-state index in [1.165, 1.54) is 17.4 Å². The largest absolute Gasteiger partial charge is 0.496 e. The number of methoxy groups -OCH3 is 1. The molecule has 7 nitrogen and oxygen atoms in total. The molecule has 0 saturated heterocycles. The maximum Gasteiger partial charge on any atom is 0.302 e. The average Bonchev–Trinajstić information content (AvgIpc) is 3.41. The molecule has 0 aliphatic rings. The van der Waals surface area contributed by atoms with E-state index in [1.807, 2.05) is 30.5 Å². The number of ether oxygens (including phenoxy) is 1. The van der Waals surface area contributed by atoms with Crippen LogP contribution in [-0.2, 0) is 0 Å². The molecular weight excluding hydrogens is 416 g/mol. The molecule has 1 amide bonds. The van der Waals surface area contributed by atoms with Crippen LogP contribution >= 0.6 is 11.3 Å². The monoisotopic (exact) mass is 432 g/mol. The highest BCUT2D eigenvalue weighted by Crippen LogP contribution is 2.33. The summed E-state index contributed by atoms with van der Waals surface area (Å²) in [6, 6.07) is 14.1. The first kappa shape index (κ1) is 19.1. The van der Waals surface area contributed by atoms with E-state index in [0.717, 1.165) is 11.1 Å². The summed E-state index contributed by atoms with van der Waals surface area (Å²) in [6.45, 7) is 1.98. The summed E-state index contributed by atoms with van der Waals surface area (Å²) >= 11 is 1.28. The van der Waals surface area contributed by atoms with Gasteiger partial charge in [-0.25, -0.2) is 4.98 Å². The van der Waals surface area contributed by atoms with Crippen LogP contribution in [0.3, 0.4) is 0 Å². The number of aryl methyl sites for hydroxylation is 1. The Balaban J connectivity index is 1.45. The van der Waals surface area contributed by atoms with Crippen molar-refractivity contribution >= 4 is 44.5 Å². The van der Waals surface area contributed by atoms with E-state index in [-0.39, 0.29) is 22.4 Å². The first-order valence-electron chi connectivity index (χ1n) is 9.41. The predicted octanol–water partition coefficient (Wildman–Crippen LogP) is 5.23. The minimum Gasteiger partial charge on any atom is -0.496 e. The van der Waals surface area contributed by atoms with Crippen LogP contribution in [0.25, 0.3) is 33.4 Å². The van der Waals surface area contributed by atoms with Gasteiger partial charge in [-0.3, -0.25) is 14.9 Å². The lowest BCUT2D eigenvalue weighted by atomic mass is 10.1. The SMILES string of the molecule is COc1ccc(C)cc1-c1csc(NC(=O)c2cc3c(=O)c4ccccc4oc3o2)n1. The molecule has 31 heavy (non-hydrogen) atoms. The fourth-order valence-corrected chi connectivity index (χ4v) is 4.05. The molecule has 3 heterocycles. The quantitative estimate of drug-likeness (QED) is 0.418. The molecule has 0 atom stereocenters. The maximum atomic E-state index is 12.7. The Morgan fingerprint density at radius 2 is 1.94 bits per heavy atom. The highest BCUT2D eigenvalue weighted by molar-refractivity contribution is 7.14. The summed E-state index contributed by atoms with van der Waals surface area (Å²) in [6.07, 6.45) is 0. The Labute approximate surface area is 179 Å². The molecule has 0 aliphatic heterocycles. The molecule has 2 aromatic carbocycles. The second kappa shape index (κ2) is 7.41. The third-order valence-electron chi connectivity index (χ3n) is 4.86. The number of hydrogen-bond acceptors (Lipinski definition) is 7. The molecular formula is C23H16N2O5S. The van der Waals surface area contributed by atoms with Gasteiger partial charge in [-0.1, -0.05) is 23.8 Å². The van der Waals surface area contributed by atoms with Crippen LogP contribution in [0.15, 0.2) is 67.5 Å². The van der Waals surface area contributed by atoms with Gasteiger partial charge in [-0.05, 0) is 31.2 Å². The molecule has 0 fully saturated rings. The van der Waals surface area contributed by atoms with Crippen LogP contribution < -0.4 is 15.5 Å². The predicted molar refractivity (Wildman–Crippen MR) is 119 cm³/mol. The van der Waals surface area contributed by atoms with Gasteiger partial charge in [0.1, 0.15) is 16.7 Å². The zero-order valence-electron chi connectivity index (χ0n) is 16.6. The third-order valence-corrected chi connectivity index (χ3v) is 5.61. The number of rotatable bonds is 4. The first-order valence-corrected chi connectivity index (χ1v) is 10.3. The number of para-hydroxylation sites is 1. The van der Waals surface area contributed by atoms with Gasteiger partial charge in [0.05, 0.1) is 18.2 Å². The van der Waals surface area contributed by atoms with Gasteiger partial charge >= 0.3 is 5.78 Å². The second-order valence-corrected chi connectivity index (χ2v) is 7.79. The standard InChI is InChI=1S/C23H16N2O5S/c1-12-7-8-17(28-2)14(9-12)16-11-31-23(24-16)25-21(27)19-10-15-20(26)13-5-3-4-6-18(13)29-22(15)30-19/h3-11H,1-2H3,(H,24,25,27). The van der Waals surface area contributed by atoms with E-state index in [1.54, 1.807) is 31.4 Å². The van der Waals surface area contributed by atoms with Crippen LogP contribution in [-0.4, -0.2) is 18.0 Å². The van der Waals surface area contributed by atoms with Gasteiger partial charge in [0.15, 0.2) is 10.9 Å². The zero-order valence-corrected chi connectivity index (χ0v) is 17.4. The summed E-state index contributed by atoms with van der Waals surface area (Å²) in [5.74, 6) is 0.156. The lowest BCUT2D eigenvalue weighted by Crippen LogP contribution is -2.10. The molecule has 154 valence electrons. The molecule has 5 aromatic rings. The number of nitrogens with one attached hydrogen (secondary N) is 1. The second-order valence-electron chi connectivity index (χ2n) is 6.93. The highest BCUT2D eigenvalue weighted by Gasteiger charge is 2.19. The van der Waals surface area contributed by atoms with Gasteiger partial charge < -0.3 is 13.6 Å². The van der Waals surface area contributed by atoms with Crippen molar-refractivity contribution in [1.29, 1.82) is 0 Å². The summed E-state index contributed by atoms with van der Waals surface area (Å²) in [7, 11) is 1.60.